The van der Waals surface area contributed by atoms with Crippen LogP contribution in [0.2, 0.25) is 0 Å². The minimum Gasteiger partial charge on any atom is -0.326 e. The molecule has 82 valence electrons. The van der Waals surface area contributed by atoms with Crippen LogP contribution in [-0.4, -0.2) is 18.3 Å². The number of hydrogen-bond acceptors (Lipinski definition) is 2. The Morgan fingerprint density at radius 3 is 2.57 bits per heavy atom. The number of nitrogens with zero attached hydrogens (tertiary/aromatic N) is 1. The second-order valence-electron chi connectivity index (χ2n) is 4.61. The van der Waals surface area contributed by atoms with Crippen molar-refractivity contribution in [3.05, 3.63) is 0 Å². The van der Waals surface area contributed by atoms with Crippen molar-refractivity contribution in [3.63, 3.8) is 0 Å². The average molecular weight is 196 g/mol. The lowest BCUT2D eigenvalue weighted by Crippen LogP contribution is -2.33. The number of nitrogens with two attached hydrogens (primary N) is 1. The van der Waals surface area contributed by atoms with Gasteiger partial charge in [0.05, 0.1) is 6.04 Å². The molecule has 2 nitrogen and oxygen atoms in total. The van der Waals surface area contributed by atoms with E-state index in [9.17, 15) is 0 Å². The standard InChI is InChI=1S/C12H24N2/c1-3-14-12-7-5-4-6-10(2)8-9-11(12)13/h3,10-12H,4-9,13H2,1-2H3. The van der Waals surface area contributed by atoms with Crippen LogP contribution in [-0.2, 0) is 0 Å². The van der Waals surface area contributed by atoms with Crippen LogP contribution in [0.5, 0.6) is 0 Å². The molecule has 0 radical (unpaired) electrons. The fourth-order valence-corrected chi connectivity index (χ4v) is 2.25. The minimum atomic E-state index is 0.284. The Hall–Kier alpha value is -0.370. The molecule has 0 heterocycles. The van der Waals surface area contributed by atoms with E-state index in [1.54, 1.807) is 0 Å². The molecule has 1 aliphatic rings. The van der Waals surface area contributed by atoms with E-state index >= 15 is 0 Å². The molecule has 0 aromatic carbocycles. The average Bonchev–Trinajstić information content (AvgIpc) is 2.24. The van der Waals surface area contributed by atoms with Crippen molar-refractivity contribution < 1.29 is 0 Å². The molecule has 1 saturated carbocycles. The third kappa shape index (κ3) is 3.79. The number of rotatable bonds is 1. The van der Waals surface area contributed by atoms with Crippen LogP contribution in [0, 0.1) is 5.92 Å². The molecule has 0 aromatic heterocycles. The Morgan fingerprint density at radius 2 is 1.86 bits per heavy atom. The van der Waals surface area contributed by atoms with Crippen molar-refractivity contribution in [2.24, 2.45) is 16.6 Å². The van der Waals surface area contributed by atoms with Gasteiger partial charge >= 0.3 is 0 Å². The van der Waals surface area contributed by atoms with Gasteiger partial charge in [0.2, 0.25) is 0 Å². The molecule has 0 amide bonds. The van der Waals surface area contributed by atoms with E-state index in [-0.39, 0.29) is 6.04 Å². The van der Waals surface area contributed by atoms with Gasteiger partial charge in [-0.2, -0.15) is 0 Å². The van der Waals surface area contributed by atoms with E-state index in [1.165, 1.54) is 32.1 Å². The molecule has 3 unspecified atom stereocenters. The summed E-state index contributed by atoms with van der Waals surface area (Å²) < 4.78 is 0. The molecule has 0 saturated heterocycles. The van der Waals surface area contributed by atoms with E-state index in [4.69, 9.17) is 5.73 Å². The molecule has 1 aliphatic carbocycles. The van der Waals surface area contributed by atoms with Gasteiger partial charge in [-0.25, -0.2) is 0 Å². The van der Waals surface area contributed by atoms with Crippen molar-refractivity contribution in [2.45, 2.75) is 64.5 Å². The summed E-state index contributed by atoms with van der Waals surface area (Å²) in [7, 11) is 0. The van der Waals surface area contributed by atoms with E-state index in [1.807, 2.05) is 13.1 Å². The van der Waals surface area contributed by atoms with Gasteiger partial charge in [-0.15, -0.1) is 0 Å². The Kier molecular flexibility index (Phi) is 5.16. The second-order valence-corrected chi connectivity index (χ2v) is 4.61. The minimum absolute atomic E-state index is 0.284. The Bertz CT molecular complexity index is 177. The van der Waals surface area contributed by atoms with Gasteiger partial charge in [0.1, 0.15) is 0 Å². The maximum atomic E-state index is 6.15. The first-order valence-electron chi connectivity index (χ1n) is 5.97. The Balaban J connectivity index is 2.50. The van der Waals surface area contributed by atoms with Crippen LogP contribution in [0.15, 0.2) is 4.99 Å². The van der Waals surface area contributed by atoms with Crippen LogP contribution >= 0.6 is 0 Å². The normalized spacial score (nSPS) is 36.4. The fourth-order valence-electron chi connectivity index (χ4n) is 2.25. The summed E-state index contributed by atoms with van der Waals surface area (Å²) in [6.07, 6.45) is 9.52. The molecule has 1 rings (SSSR count). The van der Waals surface area contributed by atoms with Gasteiger partial charge in [-0.1, -0.05) is 26.2 Å². The van der Waals surface area contributed by atoms with Crippen LogP contribution in [0.4, 0.5) is 0 Å². The molecule has 0 aliphatic heterocycles. The summed E-state index contributed by atoms with van der Waals surface area (Å²) >= 11 is 0. The molecule has 1 fully saturated rings. The monoisotopic (exact) mass is 196 g/mol. The van der Waals surface area contributed by atoms with E-state index in [2.05, 4.69) is 11.9 Å². The summed E-state index contributed by atoms with van der Waals surface area (Å²) in [4.78, 5) is 4.48. The first kappa shape index (κ1) is 11.7. The zero-order valence-electron chi connectivity index (χ0n) is 9.58. The van der Waals surface area contributed by atoms with Crippen molar-refractivity contribution in [2.75, 3.05) is 0 Å². The molecule has 0 spiro atoms. The highest BCUT2D eigenvalue weighted by atomic mass is 14.8. The fraction of sp³-hybridized carbons (Fsp3) is 0.917. The van der Waals surface area contributed by atoms with Gasteiger partial charge in [-0.3, -0.25) is 4.99 Å². The summed E-state index contributed by atoms with van der Waals surface area (Å²) in [5.74, 6) is 0.852. The Labute approximate surface area is 88.0 Å². The largest absolute Gasteiger partial charge is 0.326 e. The lowest BCUT2D eigenvalue weighted by Gasteiger charge is -2.19. The van der Waals surface area contributed by atoms with E-state index in [0.717, 1.165) is 12.3 Å². The van der Waals surface area contributed by atoms with E-state index < -0.39 is 0 Å². The molecule has 0 aromatic rings. The first-order valence-corrected chi connectivity index (χ1v) is 5.97. The predicted octanol–water partition coefficient (Wildman–Crippen LogP) is 2.76. The molecular formula is C12H24N2. The van der Waals surface area contributed by atoms with Crippen LogP contribution in [0.3, 0.4) is 0 Å². The summed E-state index contributed by atoms with van der Waals surface area (Å²) in [6, 6.07) is 0.664. The highest BCUT2D eigenvalue weighted by Crippen LogP contribution is 2.22. The molecule has 0 bridgehead atoms. The summed E-state index contributed by atoms with van der Waals surface area (Å²) in [5.41, 5.74) is 6.15. The quantitative estimate of drug-likeness (QED) is 0.643. The van der Waals surface area contributed by atoms with Crippen LogP contribution in [0.1, 0.15) is 52.4 Å². The molecular weight excluding hydrogens is 172 g/mol. The molecule has 3 atom stereocenters. The zero-order valence-corrected chi connectivity index (χ0v) is 9.58. The smallest absolute Gasteiger partial charge is 0.0646 e. The first-order chi connectivity index (χ1) is 6.74. The van der Waals surface area contributed by atoms with Crippen LogP contribution in [0.25, 0.3) is 0 Å². The SMILES string of the molecule is CC=NC1CCCCC(C)CCC1N. The van der Waals surface area contributed by atoms with Gasteiger partial charge in [0, 0.05) is 6.04 Å². The number of aliphatic imine (C=N–C) groups is 1. The van der Waals surface area contributed by atoms with E-state index in [0.29, 0.717) is 6.04 Å². The summed E-state index contributed by atoms with van der Waals surface area (Å²) in [5, 5.41) is 0. The third-order valence-corrected chi connectivity index (χ3v) is 3.27. The van der Waals surface area contributed by atoms with Crippen molar-refractivity contribution in [3.8, 4) is 0 Å². The van der Waals surface area contributed by atoms with Gasteiger partial charge in [0.25, 0.3) is 0 Å². The topological polar surface area (TPSA) is 38.4 Å². The molecule has 2 N–H and O–H groups in total. The molecule has 2 heteroatoms. The lowest BCUT2D eigenvalue weighted by molar-refractivity contribution is 0.431. The van der Waals surface area contributed by atoms with Crippen molar-refractivity contribution in [1.82, 2.24) is 0 Å². The van der Waals surface area contributed by atoms with Gasteiger partial charge in [0.15, 0.2) is 0 Å². The van der Waals surface area contributed by atoms with Crippen molar-refractivity contribution in [1.29, 1.82) is 0 Å². The Morgan fingerprint density at radius 1 is 1.14 bits per heavy atom. The molecule has 14 heavy (non-hydrogen) atoms. The van der Waals surface area contributed by atoms with Gasteiger partial charge < -0.3 is 5.73 Å². The maximum Gasteiger partial charge on any atom is 0.0646 e. The predicted molar refractivity (Wildman–Crippen MR) is 62.8 cm³/mol. The summed E-state index contributed by atoms with van der Waals surface area (Å²) in [6.45, 7) is 4.33. The van der Waals surface area contributed by atoms with Crippen molar-refractivity contribution >= 4 is 6.21 Å². The lowest BCUT2D eigenvalue weighted by atomic mass is 9.97. The zero-order chi connectivity index (χ0) is 10.4. The highest BCUT2D eigenvalue weighted by Gasteiger charge is 2.18. The maximum absolute atomic E-state index is 6.15. The highest BCUT2D eigenvalue weighted by molar-refractivity contribution is 5.53. The second kappa shape index (κ2) is 6.18. The van der Waals surface area contributed by atoms with Gasteiger partial charge in [-0.05, 0) is 38.3 Å². The number of hydrogen-bond donors (Lipinski definition) is 1. The van der Waals surface area contributed by atoms with Crippen LogP contribution < -0.4 is 5.73 Å². The third-order valence-electron chi connectivity index (χ3n) is 3.27.